The molecule has 0 aromatic heterocycles. The Bertz CT molecular complexity index is 871. The number of rotatable bonds is 5. The first-order chi connectivity index (χ1) is 12.0. The van der Waals surface area contributed by atoms with Crippen molar-refractivity contribution in [1.82, 2.24) is 0 Å². The maximum atomic E-state index is 12.1. The molecule has 1 aliphatic heterocycles. The molecule has 6 nitrogen and oxygen atoms in total. The van der Waals surface area contributed by atoms with Gasteiger partial charge in [-0.1, -0.05) is 29.8 Å². The molecule has 0 atom stereocenters. The van der Waals surface area contributed by atoms with E-state index in [1.54, 1.807) is 30.3 Å². The summed E-state index contributed by atoms with van der Waals surface area (Å²) < 4.78 is 30.8. The van der Waals surface area contributed by atoms with Gasteiger partial charge in [-0.15, -0.1) is 0 Å². The third-order valence-corrected chi connectivity index (χ3v) is 5.92. The predicted octanol–water partition coefficient (Wildman–Crippen LogP) is 2.90. The Hall–Kier alpha value is -2.25. The Morgan fingerprint density at radius 2 is 1.96 bits per heavy atom. The van der Waals surface area contributed by atoms with Crippen molar-refractivity contribution < 1.29 is 17.9 Å². The number of anilines is 2. The second kappa shape index (κ2) is 7.33. The van der Waals surface area contributed by atoms with E-state index in [0.717, 1.165) is 0 Å². The third-order valence-electron chi connectivity index (χ3n) is 3.72. The molecule has 0 radical (unpaired) electrons. The van der Waals surface area contributed by atoms with Crippen LogP contribution in [0.5, 0.6) is 5.75 Å². The van der Waals surface area contributed by atoms with Crippen molar-refractivity contribution in [3.63, 3.8) is 0 Å². The summed E-state index contributed by atoms with van der Waals surface area (Å²) in [6, 6.07) is 13.7. The average molecular weight is 381 g/mol. The van der Waals surface area contributed by atoms with Crippen molar-refractivity contribution >= 4 is 38.9 Å². The van der Waals surface area contributed by atoms with Crippen LogP contribution >= 0.6 is 11.6 Å². The summed E-state index contributed by atoms with van der Waals surface area (Å²) in [6.07, 6.45) is 0.581. The molecule has 25 heavy (non-hydrogen) atoms. The van der Waals surface area contributed by atoms with E-state index < -0.39 is 10.0 Å². The van der Waals surface area contributed by atoms with E-state index >= 15 is 0 Å². The van der Waals surface area contributed by atoms with E-state index in [0.29, 0.717) is 35.1 Å². The van der Waals surface area contributed by atoms with Gasteiger partial charge in [0.2, 0.25) is 10.0 Å². The number of nitrogens with zero attached hydrogens (tertiary/aromatic N) is 1. The summed E-state index contributed by atoms with van der Waals surface area (Å²) in [7, 11) is -3.29. The van der Waals surface area contributed by atoms with Crippen LogP contribution < -0.4 is 14.4 Å². The van der Waals surface area contributed by atoms with Crippen LogP contribution in [0.15, 0.2) is 48.5 Å². The van der Waals surface area contributed by atoms with Crippen molar-refractivity contribution in [3.8, 4) is 5.75 Å². The highest BCUT2D eigenvalue weighted by atomic mass is 35.5. The number of nitrogens with one attached hydrogen (secondary N) is 1. The molecule has 8 heteroatoms. The number of hydrogen-bond acceptors (Lipinski definition) is 4. The van der Waals surface area contributed by atoms with Crippen molar-refractivity contribution in [2.45, 2.75) is 6.42 Å². The molecule has 1 amide bonds. The highest BCUT2D eigenvalue weighted by Gasteiger charge is 2.28. The van der Waals surface area contributed by atoms with Crippen LogP contribution in [0.25, 0.3) is 0 Å². The topological polar surface area (TPSA) is 75.7 Å². The van der Waals surface area contributed by atoms with Gasteiger partial charge >= 0.3 is 0 Å². The minimum atomic E-state index is -3.29. The minimum Gasteiger partial charge on any atom is -0.484 e. The van der Waals surface area contributed by atoms with E-state index in [2.05, 4.69) is 5.32 Å². The summed E-state index contributed by atoms with van der Waals surface area (Å²) in [5.74, 6) is 0.329. The standard InChI is InChI=1S/C17H17ClN2O4S/c18-15-8-7-13(20-9-4-10-25(20,22)23)11-16(15)19-17(21)12-24-14-5-2-1-3-6-14/h1-3,5-8,11H,4,9-10,12H2,(H,19,21). The molecule has 2 aromatic carbocycles. The molecular formula is C17H17ClN2O4S. The van der Waals surface area contributed by atoms with Crippen LogP contribution in [-0.4, -0.2) is 33.2 Å². The van der Waals surface area contributed by atoms with Gasteiger partial charge in [-0.05, 0) is 36.8 Å². The van der Waals surface area contributed by atoms with Gasteiger partial charge in [-0.3, -0.25) is 9.10 Å². The molecule has 0 spiro atoms. The SMILES string of the molecule is O=C(COc1ccccc1)Nc1cc(N2CCCS2(=O)=O)ccc1Cl. The lowest BCUT2D eigenvalue weighted by Crippen LogP contribution is -2.25. The van der Waals surface area contributed by atoms with E-state index in [1.807, 2.05) is 18.2 Å². The minimum absolute atomic E-state index is 0.127. The molecule has 1 aliphatic rings. The zero-order valence-electron chi connectivity index (χ0n) is 13.3. The summed E-state index contributed by atoms with van der Waals surface area (Å²) in [5, 5.41) is 2.98. The molecule has 0 unspecified atom stereocenters. The zero-order chi connectivity index (χ0) is 17.9. The second-order valence-electron chi connectivity index (χ2n) is 5.56. The highest BCUT2D eigenvalue weighted by Crippen LogP contribution is 2.31. The number of carbonyl (C=O) groups excluding carboxylic acids is 1. The number of benzene rings is 2. The summed E-state index contributed by atoms with van der Waals surface area (Å²) in [6.45, 7) is 0.251. The summed E-state index contributed by atoms with van der Waals surface area (Å²) >= 11 is 6.11. The lowest BCUT2D eigenvalue weighted by atomic mass is 10.2. The van der Waals surface area contributed by atoms with Crippen LogP contribution in [-0.2, 0) is 14.8 Å². The van der Waals surface area contributed by atoms with Crippen LogP contribution in [0, 0.1) is 0 Å². The molecule has 1 saturated heterocycles. The fourth-order valence-electron chi connectivity index (χ4n) is 2.55. The Morgan fingerprint density at radius 1 is 1.20 bits per heavy atom. The lowest BCUT2D eigenvalue weighted by molar-refractivity contribution is -0.118. The monoisotopic (exact) mass is 380 g/mol. The first kappa shape index (κ1) is 17.6. The molecular weight excluding hydrogens is 364 g/mol. The van der Waals surface area contributed by atoms with Gasteiger partial charge in [-0.25, -0.2) is 8.42 Å². The van der Waals surface area contributed by atoms with Crippen molar-refractivity contribution in [1.29, 1.82) is 0 Å². The van der Waals surface area contributed by atoms with Crippen LogP contribution in [0.3, 0.4) is 0 Å². The fraction of sp³-hybridized carbons (Fsp3) is 0.235. The number of carbonyl (C=O) groups is 1. The van der Waals surface area contributed by atoms with Gasteiger partial charge in [0.05, 0.1) is 22.2 Å². The number of para-hydroxylation sites is 1. The number of amides is 1. The Balaban J connectivity index is 1.69. The van der Waals surface area contributed by atoms with Crippen LogP contribution in [0.2, 0.25) is 5.02 Å². The Kier molecular flexibility index (Phi) is 5.15. The molecule has 0 aliphatic carbocycles. The second-order valence-corrected chi connectivity index (χ2v) is 7.98. The number of ether oxygens (including phenoxy) is 1. The van der Waals surface area contributed by atoms with Crippen LogP contribution in [0.4, 0.5) is 11.4 Å². The Morgan fingerprint density at radius 3 is 2.64 bits per heavy atom. The predicted molar refractivity (Wildman–Crippen MR) is 97.8 cm³/mol. The van der Waals surface area contributed by atoms with E-state index in [9.17, 15) is 13.2 Å². The molecule has 2 aromatic rings. The van der Waals surface area contributed by atoms with E-state index in [1.165, 1.54) is 4.31 Å². The van der Waals surface area contributed by atoms with Crippen molar-refractivity contribution in [2.24, 2.45) is 0 Å². The van der Waals surface area contributed by atoms with Gasteiger partial charge in [-0.2, -0.15) is 0 Å². The molecule has 3 rings (SSSR count). The molecule has 1 N–H and O–H groups in total. The zero-order valence-corrected chi connectivity index (χ0v) is 14.9. The Labute approximate surface area is 151 Å². The van der Waals surface area contributed by atoms with Gasteiger partial charge < -0.3 is 10.1 Å². The quantitative estimate of drug-likeness (QED) is 0.865. The van der Waals surface area contributed by atoms with Crippen molar-refractivity contribution in [2.75, 3.05) is 28.5 Å². The maximum absolute atomic E-state index is 12.1. The van der Waals surface area contributed by atoms with Gasteiger partial charge in [0.15, 0.2) is 6.61 Å². The molecule has 132 valence electrons. The summed E-state index contributed by atoms with van der Waals surface area (Å²) in [5.41, 5.74) is 0.837. The molecule has 0 saturated carbocycles. The highest BCUT2D eigenvalue weighted by molar-refractivity contribution is 7.93. The smallest absolute Gasteiger partial charge is 0.262 e. The van der Waals surface area contributed by atoms with Gasteiger partial charge in [0.1, 0.15) is 5.75 Å². The fourth-order valence-corrected chi connectivity index (χ4v) is 4.27. The van der Waals surface area contributed by atoms with E-state index in [4.69, 9.17) is 16.3 Å². The molecule has 0 bridgehead atoms. The van der Waals surface area contributed by atoms with E-state index in [-0.39, 0.29) is 18.3 Å². The summed E-state index contributed by atoms with van der Waals surface area (Å²) in [4.78, 5) is 12.1. The molecule has 1 fully saturated rings. The lowest BCUT2D eigenvalue weighted by Gasteiger charge is -2.18. The number of hydrogen-bond donors (Lipinski definition) is 1. The number of sulfonamides is 1. The maximum Gasteiger partial charge on any atom is 0.262 e. The average Bonchev–Trinajstić information content (AvgIpc) is 2.95. The van der Waals surface area contributed by atoms with Gasteiger partial charge in [0.25, 0.3) is 5.91 Å². The molecule has 1 heterocycles. The largest absolute Gasteiger partial charge is 0.484 e. The van der Waals surface area contributed by atoms with Crippen LogP contribution in [0.1, 0.15) is 6.42 Å². The van der Waals surface area contributed by atoms with Gasteiger partial charge in [0, 0.05) is 6.54 Å². The number of halogens is 1. The normalized spacial score (nSPS) is 15.8. The third kappa shape index (κ3) is 4.24. The first-order valence-corrected chi connectivity index (χ1v) is 9.72. The first-order valence-electron chi connectivity index (χ1n) is 7.73. The van der Waals surface area contributed by atoms with Crippen molar-refractivity contribution in [3.05, 3.63) is 53.6 Å².